The third-order valence-corrected chi connectivity index (χ3v) is 19.0. The van der Waals surface area contributed by atoms with Crippen LogP contribution >= 0.6 is 0 Å². The minimum atomic E-state index is -0.0231. The maximum absolute atomic E-state index is 12.0. The zero-order valence-electron chi connectivity index (χ0n) is 33.6. The predicted molar refractivity (Wildman–Crippen MR) is 214 cm³/mol. The van der Waals surface area contributed by atoms with E-state index < -0.39 is 0 Å². The molecule has 54 heavy (non-hydrogen) atoms. The number of aliphatic hydroxyl groups excluding tert-OH is 1. The fourth-order valence-electron chi connectivity index (χ4n) is 16.8. The average Bonchev–Trinajstić information content (AvgIpc) is 4.07. The Kier molecular flexibility index (Phi) is 9.34. The first-order chi connectivity index (χ1) is 26.4. The van der Waals surface area contributed by atoms with Crippen molar-refractivity contribution < 1.29 is 19.4 Å². The highest BCUT2D eigenvalue weighted by molar-refractivity contribution is 5.91. The van der Waals surface area contributed by atoms with Crippen LogP contribution in [0.15, 0.2) is 59.4 Å². The van der Waals surface area contributed by atoms with Gasteiger partial charge in [0.1, 0.15) is 0 Å². The molecule has 0 aromatic heterocycles. The molecular weight excluding hydrogens is 667 g/mol. The van der Waals surface area contributed by atoms with Crippen molar-refractivity contribution >= 4 is 5.78 Å². The fraction of sp³-hybridized carbons (Fsp3) is 0.776. The smallest absolute Gasteiger partial charge is 0.155 e. The van der Waals surface area contributed by atoms with Crippen molar-refractivity contribution in [2.75, 3.05) is 32.9 Å². The van der Waals surface area contributed by atoms with E-state index in [1.807, 2.05) is 6.08 Å². The van der Waals surface area contributed by atoms with Gasteiger partial charge in [-0.2, -0.15) is 0 Å². The largest absolute Gasteiger partial charge is 0.396 e. The van der Waals surface area contributed by atoms with Gasteiger partial charge < -0.3 is 19.5 Å². The molecule has 13 atom stereocenters. The van der Waals surface area contributed by atoms with Crippen molar-refractivity contribution in [3.8, 4) is 0 Å². The monoisotopic (exact) mass is 736 g/mol. The zero-order chi connectivity index (χ0) is 36.7. The Bertz CT molecular complexity index is 1630. The van der Waals surface area contributed by atoms with E-state index in [9.17, 15) is 9.90 Å². The molecule has 5 nitrogen and oxygen atoms in total. The number of hydrogen-bond donors (Lipinski definition) is 1. The van der Waals surface area contributed by atoms with Crippen LogP contribution in [0.25, 0.3) is 0 Å². The van der Waals surface area contributed by atoms with Gasteiger partial charge in [-0.25, -0.2) is 0 Å². The molecule has 0 aromatic carbocycles. The molecule has 11 aliphatic rings. The molecule has 8 aliphatic carbocycles. The molecule has 5 heteroatoms. The molecule has 0 aromatic rings. The number of ketones is 1. The van der Waals surface area contributed by atoms with E-state index >= 15 is 0 Å². The van der Waals surface area contributed by atoms with Crippen LogP contribution in [-0.2, 0) is 14.3 Å². The van der Waals surface area contributed by atoms with E-state index in [0.29, 0.717) is 35.5 Å². The van der Waals surface area contributed by atoms with E-state index in [0.717, 1.165) is 49.7 Å². The Morgan fingerprint density at radius 1 is 0.741 bits per heavy atom. The first kappa shape index (κ1) is 36.4. The third kappa shape index (κ3) is 5.21. The van der Waals surface area contributed by atoms with Gasteiger partial charge in [-0.1, -0.05) is 49.8 Å². The van der Waals surface area contributed by atoms with Gasteiger partial charge >= 0.3 is 0 Å². The molecule has 6 fully saturated rings. The minimum absolute atomic E-state index is 0.0231. The number of rotatable bonds is 4. The van der Waals surface area contributed by atoms with Gasteiger partial charge in [-0.15, -0.1) is 0 Å². The molecule has 294 valence electrons. The highest BCUT2D eigenvalue weighted by Gasteiger charge is 2.66. The number of carbonyl (C=O) groups excluding carboxylic acids is 1. The van der Waals surface area contributed by atoms with Crippen molar-refractivity contribution in [1.29, 1.82) is 0 Å². The fourth-order valence-corrected chi connectivity index (χ4v) is 16.8. The minimum Gasteiger partial charge on any atom is -0.396 e. The second-order valence-corrected chi connectivity index (χ2v) is 20.0. The van der Waals surface area contributed by atoms with Crippen molar-refractivity contribution in [3.05, 3.63) is 59.4 Å². The SMILES string of the molecule is CC[C@]12CCC3C(CC=C4C=C(N5CCCC5)CC[C@@H]43)C1CC[C@@]21C=CCO1.CC[C@]12CCC3C(C[C@@H](CO)C4=CC(=O)CC[C@@H]43)C1CC[C@@]21C=CCO1. The Balaban J connectivity index is 0.000000134. The Labute approximate surface area is 326 Å². The van der Waals surface area contributed by atoms with E-state index in [2.05, 4.69) is 55.2 Å². The summed E-state index contributed by atoms with van der Waals surface area (Å²) in [6.07, 6.45) is 39.2. The van der Waals surface area contributed by atoms with E-state index in [1.54, 1.807) is 11.3 Å². The van der Waals surface area contributed by atoms with Crippen molar-refractivity contribution in [3.63, 3.8) is 0 Å². The number of nitrogens with zero attached hydrogens (tertiary/aromatic N) is 1. The molecular formula is C49H69NO4. The maximum atomic E-state index is 12.0. The van der Waals surface area contributed by atoms with E-state index in [1.165, 1.54) is 115 Å². The van der Waals surface area contributed by atoms with Gasteiger partial charge in [0.2, 0.25) is 0 Å². The number of fused-ring (bicyclic) bond motifs is 12. The van der Waals surface area contributed by atoms with Crippen molar-refractivity contribution in [1.82, 2.24) is 4.90 Å². The molecule has 6 unspecified atom stereocenters. The van der Waals surface area contributed by atoms with Crippen LogP contribution in [-0.4, -0.2) is 59.9 Å². The summed E-state index contributed by atoms with van der Waals surface area (Å²) >= 11 is 0. The second-order valence-electron chi connectivity index (χ2n) is 20.0. The Hall–Kier alpha value is -1.95. The highest BCUT2D eigenvalue weighted by atomic mass is 16.5. The zero-order valence-corrected chi connectivity index (χ0v) is 33.6. The van der Waals surface area contributed by atoms with Crippen LogP contribution in [0.4, 0.5) is 0 Å². The summed E-state index contributed by atoms with van der Waals surface area (Å²) in [6.45, 7) is 9.24. The first-order valence-corrected chi connectivity index (χ1v) is 23.0. The highest BCUT2D eigenvalue weighted by Crippen LogP contribution is 2.70. The average molecular weight is 736 g/mol. The summed E-state index contributed by atoms with van der Waals surface area (Å²) in [7, 11) is 0. The number of ether oxygens (including phenoxy) is 2. The summed E-state index contributed by atoms with van der Waals surface area (Å²) in [4.78, 5) is 14.7. The van der Waals surface area contributed by atoms with Gasteiger partial charge in [0.05, 0.1) is 24.4 Å². The second kappa shape index (κ2) is 13.9. The van der Waals surface area contributed by atoms with Crippen LogP contribution in [0.5, 0.6) is 0 Å². The Morgan fingerprint density at radius 2 is 1.37 bits per heavy atom. The summed E-state index contributed by atoms with van der Waals surface area (Å²) < 4.78 is 12.9. The molecule has 1 N–H and O–H groups in total. The predicted octanol–water partition coefficient (Wildman–Crippen LogP) is 9.93. The first-order valence-electron chi connectivity index (χ1n) is 23.0. The molecule has 3 aliphatic heterocycles. The summed E-state index contributed by atoms with van der Waals surface area (Å²) in [5.41, 5.74) is 5.41. The summed E-state index contributed by atoms with van der Waals surface area (Å²) in [6, 6.07) is 0. The Morgan fingerprint density at radius 3 is 1.98 bits per heavy atom. The number of carbonyl (C=O) groups is 1. The van der Waals surface area contributed by atoms with Crippen LogP contribution < -0.4 is 0 Å². The van der Waals surface area contributed by atoms with Gasteiger partial charge in [0.25, 0.3) is 0 Å². The molecule has 0 amide bonds. The van der Waals surface area contributed by atoms with Gasteiger partial charge in [-0.05, 0) is 174 Å². The van der Waals surface area contributed by atoms with Crippen molar-refractivity contribution in [2.45, 2.75) is 141 Å². The van der Waals surface area contributed by atoms with Crippen LogP contribution in [0.1, 0.15) is 129 Å². The molecule has 0 bridgehead atoms. The van der Waals surface area contributed by atoms with Gasteiger partial charge in [-0.3, -0.25) is 4.79 Å². The summed E-state index contributed by atoms with van der Waals surface area (Å²) in [5.74, 6) is 6.68. The number of aliphatic hydroxyl groups is 1. The van der Waals surface area contributed by atoms with Crippen LogP contribution in [0.3, 0.4) is 0 Å². The maximum Gasteiger partial charge on any atom is 0.155 e. The third-order valence-electron chi connectivity index (χ3n) is 19.0. The lowest BCUT2D eigenvalue weighted by molar-refractivity contribution is -0.128. The topological polar surface area (TPSA) is 59.0 Å². The quantitative estimate of drug-likeness (QED) is 0.292. The molecule has 11 rings (SSSR count). The molecule has 5 saturated carbocycles. The normalized spacial score (nSPS) is 48.3. The molecule has 3 heterocycles. The van der Waals surface area contributed by atoms with Crippen molar-refractivity contribution in [2.24, 2.45) is 64.1 Å². The summed E-state index contributed by atoms with van der Waals surface area (Å²) in [5, 5.41) is 10.1. The number of likely N-dealkylation sites (tertiary alicyclic amines) is 1. The van der Waals surface area contributed by atoms with Crippen LogP contribution in [0.2, 0.25) is 0 Å². The number of allylic oxidation sites excluding steroid dienone is 4. The van der Waals surface area contributed by atoms with E-state index in [4.69, 9.17) is 9.47 Å². The van der Waals surface area contributed by atoms with Gasteiger partial charge in [0, 0.05) is 48.6 Å². The molecule has 0 radical (unpaired) electrons. The number of hydrogen-bond acceptors (Lipinski definition) is 5. The van der Waals surface area contributed by atoms with Gasteiger partial charge in [0.15, 0.2) is 5.78 Å². The van der Waals surface area contributed by atoms with Crippen LogP contribution in [0, 0.1) is 64.1 Å². The lowest BCUT2D eigenvalue weighted by Crippen LogP contribution is -2.54. The van der Waals surface area contributed by atoms with E-state index in [-0.39, 0.29) is 34.9 Å². The molecule has 2 spiro atoms. The standard InChI is InChI=1S/C26H37NO.C23H32O3/c1-2-25-13-10-22-21-9-7-20(27-15-3-4-16-27)18-19(21)6-8-23(22)24(25)11-14-26(25)12-5-17-28-26;1-2-22-9-6-18-17-5-4-16(25)13-19(17)15(14-24)12-20(18)21(22)7-10-23(22)8-3-11-26-23/h5-6,12,18,21-24H,2-4,7-11,13-17H2,1H3;3,8,13,15,17-18,20-21,24H,2,4-7,9-12,14H2,1H3/t21-,22?,23?,24?,25-,26-;15-,17+,18?,20?,21?,22-,23-/m00/s1. The molecule has 1 saturated heterocycles. The lowest BCUT2D eigenvalue weighted by atomic mass is 9.48. The lowest BCUT2D eigenvalue weighted by Gasteiger charge is -2.58.